The molecular formula is C19H24F2IN5. The van der Waals surface area contributed by atoms with Crippen LogP contribution < -0.4 is 15.5 Å². The molecule has 1 aromatic carbocycles. The van der Waals surface area contributed by atoms with Gasteiger partial charge in [0.1, 0.15) is 5.82 Å². The lowest BCUT2D eigenvalue weighted by molar-refractivity contribution is 0.612. The summed E-state index contributed by atoms with van der Waals surface area (Å²) in [5.41, 5.74) is 1.60. The molecule has 1 unspecified atom stereocenters. The average Bonchev–Trinajstić information content (AvgIpc) is 3.10. The Morgan fingerprint density at radius 2 is 2.11 bits per heavy atom. The molecule has 2 aromatic rings. The molecule has 1 atom stereocenters. The lowest BCUT2D eigenvalue weighted by Gasteiger charge is -2.20. The Balaban J connectivity index is 0.00000261. The van der Waals surface area contributed by atoms with E-state index in [-0.39, 0.29) is 41.7 Å². The number of anilines is 1. The zero-order chi connectivity index (χ0) is 18.5. The van der Waals surface area contributed by atoms with Crippen LogP contribution in [0.3, 0.4) is 0 Å². The van der Waals surface area contributed by atoms with Gasteiger partial charge in [-0.3, -0.25) is 4.99 Å². The first-order valence-electron chi connectivity index (χ1n) is 8.64. The Bertz CT molecular complexity index is 799. The second kappa shape index (κ2) is 9.82. The van der Waals surface area contributed by atoms with Crippen molar-refractivity contribution < 1.29 is 8.78 Å². The van der Waals surface area contributed by atoms with Crippen LogP contribution in [-0.4, -0.2) is 37.1 Å². The Morgan fingerprint density at radius 1 is 1.30 bits per heavy atom. The topological polar surface area (TPSA) is 52.6 Å². The SMILES string of the molecule is CN=C(NCc1ccc(F)c(C)c1)NC1CCN(c2ncccc2F)C1.I. The maximum Gasteiger partial charge on any atom is 0.191 e. The number of pyridine rings is 1. The second-order valence-electron chi connectivity index (χ2n) is 6.39. The van der Waals surface area contributed by atoms with Crippen LogP contribution in [0.25, 0.3) is 0 Å². The van der Waals surface area contributed by atoms with E-state index in [0.717, 1.165) is 18.5 Å². The molecule has 1 aliphatic rings. The molecule has 2 N–H and O–H groups in total. The predicted molar refractivity (Wildman–Crippen MR) is 115 cm³/mol. The van der Waals surface area contributed by atoms with Gasteiger partial charge in [0.05, 0.1) is 0 Å². The number of nitrogens with one attached hydrogen (secondary N) is 2. The molecule has 5 nitrogen and oxygen atoms in total. The predicted octanol–water partition coefficient (Wildman–Crippen LogP) is 3.23. The highest BCUT2D eigenvalue weighted by Gasteiger charge is 2.25. The van der Waals surface area contributed by atoms with Crippen molar-refractivity contribution in [2.45, 2.75) is 25.9 Å². The molecule has 0 radical (unpaired) electrons. The van der Waals surface area contributed by atoms with Crippen molar-refractivity contribution in [3.63, 3.8) is 0 Å². The summed E-state index contributed by atoms with van der Waals surface area (Å²) < 4.78 is 27.2. The number of guanidine groups is 1. The minimum absolute atomic E-state index is 0. The fourth-order valence-corrected chi connectivity index (χ4v) is 3.07. The minimum Gasteiger partial charge on any atom is -0.352 e. The Kier molecular flexibility index (Phi) is 7.76. The second-order valence-corrected chi connectivity index (χ2v) is 6.39. The van der Waals surface area contributed by atoms with Crippen LogP contribution in [0, 0.1) is 18.6 Å². The molecule has 1 aromatic heterocycles. The summed E-state index contributed by atoms with van der Waals surface area (Å²) in [4.78, 5) is 10.3. The summed E-state index contributed by atoms with van der Waals surface area (Å²) in [6.07, 6.45) is 2.47. The highest BCUT2D eigenvalue weighted by atomic mass is 127. The Labute approximate surface area is 175 Å². The Hall–Kier alpha value is -1.97. The molecule has 146 valence electrons. The van der Waals surface area contributed by atoms with Crippen LogP contribution in [0.5, 0.6) is 0 Å². The largest absolute Gasteiger partial charge is 0.352 e. The molecule has 1 saturated heterocycles. The van der Waals surface area contributed by atoms with Crippen LogP contribution in [0.1, 0.15) is 17.5 Å². The van der Waals surface area contributed by atoms with E-state index in [1.165, 1.54) is 12.1 Å². The van der Waals surface area contributed by atoms with E-state index >= 15 is 0 Å². The van der Waals surface area contributed by atoms with Crippen LogP contribution in [0.2, 0.25) is 0 Å². The fraction of sp³-hybridized carbons (Fsp3) is 0.368. The van der Waals surface area contributed by atoms with E-state index in [1.54, 1.807) is 32.3 Å². The summed E-state index contributed by atoms with van der Waals surface area (Å²) in [7, 11) is 1.70. The smallest absolute Gasteiger partial charge is 0.191 e. The summed E-state index contributed by atoms with van der Waals surface area (Å²) >= 11 is 0. The maximum absolute atomic E-state index is 13.9. The number of halogens is 3. The number of aliphatic imine (C=N–C) groups is 1. The molecule has 0 saturated carbocycles. The summed E-state index contributed by atoms with van der Waals surface area (Å²) in [5, 5.41) is 6.59. The van der Waals surface area contributed by atoms with Gasteiger partial charge < -0.3 is 15.5 Å². The van der Waals surface area contributed by atoms with Crippen molar-refractivity contribution in [3.05, 3.63) is 59.3 Å². The van der Waals surface area contributed by atoms with Crippen LogP contribution in [-0.2, 0) is 6.54 Å². The van der Waals surface area contributed by atoms with Gasteiger partial charge in [0.2, 0.25) is 0 Å². The van der Waals surface area contributed by atoms with Crippen molar-refractivity contribution in [2.24, 2.45) is 4.99 Å². The lowest BCUT2D eigenvalue weighted by atomic mass is 10.1. The normalized spacial score (nSPS) is 16.8. The third-order valence-corrected chi connectivity index (χ3v) is 4.47. The number of hydrogen-bond acceptors (Lipinski definition) is 3. The van der Waals surface area contributed by atoms with Gasteiger partial charge >= 0.3 is 0 Å². The number of hydrogen-bond donors (Lipinski definition) is 2. The molecule has 0 aliphatic carbocycles. The highest BCUT2D eigenvalue weighted by Crippen LogP contribution is 2.20. The van der Waals surface area contributed by atoms with Crippen molar-refractivity contribution in [3.8, 4) is 0 Å². The molecule has 27 heavy (non-hydrogen) atoms. The molecule has 3 rings (SSSR count). The Morgan fingerprint density at radius 3 is 2.81 bits per heavy atom. The van der Waals surface area contributed by atoms with Crippen LogP contribution >= 0.6 is 24.0 Å². The molecule has 1 fully saturated rings. The third kappa shape index (κ3) is 5.50. The summed E-state index contributed by atoms with van der Waals surface area (Å²) in [6.45, 7) is 3.69. The van der Waals surface area contributed by atoms with E-state index in [0.29, 0.717) is 30.4 Å². The van der Waals surface area contributed by atoms with E-state index < -0.39 is 0 Å². The zero-order valence-electron chi connectivity index (χ0n) is 15.4. The fourth-order valence-electron chi connectivity index (χ4n) is 3.07. The monoisotopic (exact) mass is 487 g/mol. The molecule has 2 heterocycles. The lowest BCUT2D eigenvalue weighted by Crippen LogP contribution is -2.44. The highest BCUT2D eigenvalue weighted by molar-refractivity contribution is 14.0. The van der Waals surface area contributed by atoms with Crippen LogP contribution in [0.15, 0.2) is 41.5 Å². The minimum atomic E-state index is -0.303. The van der Waals surface area contributed by atoms with Gasteiger partial charge in [-0.15, -0.1) is 24.0 Å². The van der Waals surface area contributed by atoms with Gasteiger partial charge in [0, 0.05) is 38.9 Å². The molecule has 0 spiro atoms. The average molecular weight is 487 g/mol. The quantitative estimate of drug-likeness (QED) is 0.395. The van der Waals surface area contributed by atoms with E-state index in [9.17, 15) is 8.78 Å². The van der Waals surface area contributed by atoms with Gasteiger partial charge in [0.15, 0.2) is 17.6 Å². The van der Waals surface area contributed by atoms with Crippen molar-refractivity contribution >= 4 is 35.8 Å². The van der Waals surface area contributed by atoms with Crippen molar-refractivity contribution in [1.82, 2.24) is 15.6 Å². The van der Waals surface area contributed by atoms with Gasteiger partial charge in [-0.2, -0.15) is 0 Å². The first-order valence-corrected chi connectivity index (χ1v) is 8.64. The van der Waals surface area contributed by atoms with Gasteiger partial charge in [-0.05, 0) is 42.7 Å². The van der Waals surface area contributed by atoms with Crippen LogP contribution in [0.4, 0.5) is 14.6 Å². The number of aromatic nitrogens is 1. The van der Waals surface area contributed by atoms with Gasteiger partial charge in [-0.25, -0.2) is 13.8 Å². The summed E-state index contributed by atoms with van der Waals surface area (Å²) in [6, 6.07) is 8.21. The number of nitrogens with zero attached hydrogens (tertiary/aromatic N) is 3. The first kappa shape index (κ1) is 21.3. The summed E-state index contributed by atoms with van der Waals surface area (Å²) in [5.74, 6) is 0.549. The third-order valence-electron chi connectivity index (χ3n) is 4.47. The molecule has 0 amide bonds. The number of aryl methyl sites for hydroxylation is 1. The van der Waals surface area contributed by atoms with Gasteiger partial charge in [-0.1, -0.05) is 12.1 Å². The number of benzene rings is 1. The van der Waals surface area contributed by atoms with Crippen molar-refractivity contribution in [1.29, 1.82) is 0 Å². The number of rotatable bonds is 4. The zero-order valence-corrected chi connectivity index (χ0v) is 17.7. The molecule has 1 aliphatic heterocycles. The first-order chi connectivity index (χ1) is 12.6. The van der Waals surface area contributed by atoms with E-state index in [4.69, 9.17) is 0 Å². The molecule has 0 bridgehead atoms. The molecule has 8 heteroatoms. The standard InChI is InChI=1S/C19H23F2N5.HI/c1-13-10-14(5-6-16(13)20)11-24-19(22-2)25-15-7-9-26(12-15)18-17(21)4-3-8-23-18;/h3-6,8,10,15H,7,9,11-12H2,1-2H3,(H2,22,24,25);1H. The molecular weight excluding hydrogens is 463 g/mol. The van der Waals surface area contributed by atoms with E-state index in [1.807, 2.05) is 11.0 Å². The van der Waals surface area contributed by atoms with Crippen molar-refractivity contribution in [2.75, 3.05) is 25.0 Å². The maximum atomic E-state index is 13.9. The van der Waals surface area contributed by atoms with Gasteiger partial charge in [0.25, 0.3) is 0 Å². The van der Waals surface area contributed by atoms with E-state index in [2.05, 4.69) is 20.6 Å².